The highest BCUT2D eigenvalue weighted by atomic mass is 19.3. The van der Waals surface area contributed by atoms with E-state index in [1.165, 1.54) is 9.42 Å². The first-order valence-electron chi connectivity index (χ1n) is 6.64. The minimum absolute atomic E-state index is 0.0780. The van der Waals surface area contributed by atoms with Crippen LogP contribution in [0.5, 0.6) is 0 Å². The van der Waals surface area contributed by atoms with Crippen molar-refractivity contribution in [2.75, 3.05) is 6.54 Å². The second kappa shape index (κ2) is 5.58. The van der Waals surface area contributed by atoms with Gasteiger partial charge in [0, 0.05) is 18.9 Å². The van der Waals surface area contributed by atoms with E-state index in [1.807, 2.05) is 0 Å². The second-order valence-electron chi connectivity index (χ2n) is 4.79. The lowest BCUT2D eigenvalue weighted by Gasteiger charge is -2.23. The summed E-state index contributed by atoms with van der Waals surface area (Å²) in [6, 6.07) is 0.201. The Morgan fingerprint density at radius 3 is 3.14 bits per heavy atom. The van der Waals surface area contributed by atoms with Crippen molar-refractivity contribution in [1.29, 1.82) is 0 Å². The van der Waals surface area contributed by atoms with Gasteiger partial charge in [-0.15, -0.1) is 5.10 Å². The molecule has 112 valence electrons. The van der Waals surface area contributed by atoms with Crippen molar-refractivity contribution in [3.63, 3.8) is 0 Å². The van der Waals surface area contributed by atoms with Crippen LogP contribution in [0.15, 0.2) is 18.5 Å². The molecular formula is C12H14F2N6O. The average Bonchev–Trinajstić information content (AvgIpc) is 3.10. The molecule has 1 N–H and O–H groups in total. The molecule has 2 amide bonds. The minimum atomic E-state index is -2.52. The van der Waals surface area contributed by atoms with Gasteiger partial charge in [-0.25, -0.2) is 23.1 Å². The van der Waals surface area contributed by atoms with Crippen molar-refractivity contribution < 1.29 is 13.6 Å². The third-order valence-electron chi connectivity index (χ3n) is 3.41. The molecule has 7 nitrogen and oxygen atoms in total. The largest absolute Gasteiger partial charge is 0.331 e. The number of fused-ring (bicyclic) bond motifs is 1. The number of alkyl halides is 2. The number of hydrogen-bond donors (Lipinski definition) is 1. The molecule has 1 fully saturated rings. The van der Waals surface area contributed by atoms with E-state index in [0.717, 1.165) is 0 Å². The standard InChI is InChI=1S/C12H14F2N6O/c13-10(14)8-3-1-5-19(8)12(21)16-7-9-17-11-15-4-2-6-20(11)18-9/h2,4,6,8,10H,1,3,5,7H2,(H,16,21)/t8-/m0/s1. The van der Waals surface area contributed by atoms with E-state index in [2.05, 4.69) is 20.4 Å². The summed E-state index contributed by atoms with van der Waals surface area (Å²) in [6.07, 6.45) is 1.69. The number of likely N-dealkylation sites (tertiary alicyclic amines) is 1. The molecular weight excluding hydrogens is 282 g/mol. The number of nitrogens with one attached hydrogen (secondary N) is 1. The first kappa shape index (κ1) is 13.7. The molecule has 1 atom stereocenters. The van der Waals surface area contributed by atoms with E-state index in [0.29, 0.717) is 31.0 Å². The molecule has 21 heavy (non-hydrogen) atoms. The van der Waals surface area contributed by atoms with Crippen molar-refractivity contribution >= 4 is 11.8 Å². The van der Waals surface area contributed by atoms with Gasteiger partial charge in [-0.3, -0.25) is 0 Å². The lowest BCUT2D eigenvalue weighted by atomic mass is 10.2. The predicted molar refractivity (Wildman–Crippen MR) is 68.7 cm³/mol. The van der Waals surface area contributed by atoms with Crippen molar-refractivity contribution in [3.8, 4) is 0 Å². The van der Waals surface area contributed by atoms with E-state index < -0.39 is 18.5 Å². The van der Waals surface area contributed by atoms with E-state index in [-0.39, 0.29) is 6.54 Å². The topological polar surface area (TPSA) is 75.4 Å². The lowest BCUT2D eigenvalue weighted by Crippen LogP contribution is -2.45. The van der Waals surface area contributed by atoms with Gasteiger partial charge in [0.15, 0.2) is 5.82 Å². The zero-order valence-corrected chi connectivity index (χ0v) is 11.1. The third-order valence-corrected chi connectivity index (χ3v) is 3.41. The van der Waals surface area contributed by atoms with Gasteiger partial charge in [-0.05, 0) is 18.9 Å². The maximum atomic E-state index is 12.8. The Morgan fingerprint density at radius 2 is 2.38 bits per heavy atom. The van der Waals surface area contributed by atoms with Gasteiger partial charge in [0.25, 0.3) is 12.2 Å². The van der Waals surface area contributed by atoms with E-state index >= 15 is 0 Å². The van der Waals surface area contributed by atoms with Gasteiger partial charge in [0.1, 0.15) is 0 Å². The van der Waals surface area contributed by atoms with Crippen LogP contribution in [0.4, 0.5) is 13.6 Å². The molecule has 2 aromatic heterocycles. The Hall–Kier alpha value is -2.32. The normalized spacial score (nSPS) is 18.6. The summed E-state index contributed by atoms with van der Waals surface area (Å²) < 4.78 is 27.1. The summed E-state index contributed by atoms with van der Waals surface area (Å²) in [5.41, 5.74) is 0. The quantitative estimate of drug-likeness (QED) is 0.919. The molecule has 3 rings (SSSR count). The third kappa shape index (κ3) is 2.76. The Balaban J connectivity index is 1.63. The van der Waals surface area contributed by atoms with Crippen LogP contribution in [0.25, 0.3) is 5.78 Å². The van der Waals surface area contributed by atoms with Gasteiger partial charge in [0.2, 0.25) is 0 Å². The Kier molecular flexibility index (Phi) is 3.63. The summed E-state index contributed by atoms with van der Waals surface area (Å²) >= 11 is 0. The minimum Gasteiger partial charge on any atom is -0.331 e. The predicted octanol–water partition coefficient (Wildman–Crippen LogP) is 1.06. The highest BCUT2D eigenvalue weighted by Crippen LogP contribution is 2.22. The number of amides is 2. The van der Waals surface area contributed by atoms with Gasteiger partial charge in [-0.2, -0.15) is 4.98 Å². The van der Waals surface area contributed by atoms with Crippen LogP contribution < -0.4 is 5.32 Å². The van der Waals surface area contributed by atoms with Gasteiger partial charge in [0.05, 0.1) is 12.6 Å². The highest BCUT2D eigenvalue weighted by molar-refractivity contribution is 5.74. The molecule has 0 saturated carbocycles. The van der Waals surface area contributed by atoms with Gasteiger partial charge < -0.3 is 10.2 Å². The molecule has 9 heteroatoms. The van der Waals surface area contributed by atoms with Crippen LogP contribution in [-0.4, -0.2) is 49.5 Å². The molecule has 0 spiro atoms. The molecule has 0 bridgehead atoms. The number of halogens is 2. The Bertz CT molecular complexity index is 612. The molecule has 3 heterocycles. The molecule has 0 unspecified atom stereocenters. The van der Waals surface area contributed by atoms with Crippen LogP contribution >= 0.6 is 0 Å². The maximum Gasteiger partial charge on any atom is 0.318 e. The molecule has 0 aliphatic carbocycles. The zero-order chi connectivity index (χ0) is 14.8. The molecule has 1 saturated heterocycles. The number of carbonyl (C=O) groups excluding carboxylic acids is 1. The molecule has 1 aliphatic rings. The van der Waals surface area contributed by atoms with Crippen LogP contribution in [0.1, 0.15) is 18.7 Å². The fourth-order valence-electron chi connectivity index (χ4n) is 2.41. The summed E-state index contributed by atoms with van der Waals surface area (Å²) in [5, 5.41) is 6.70. The van der Waals surface area contributed by atoms with Crippen molar-refractivity contribution in [1.82, 2.24) is 29.8 Å². The smallest absolute Gasteiger partial charge is 0.318 e. The van der Waals surface area contributed by atoms with Crippen molar-refractivity contribution in [3.05, 3.63) is 24.3 Å². The second-order valence-corrected chi connectivity index (χ2v) is 4.79. The fourth-order valence-corrected chi connectivity index (χ4v) is 2.41. The monoisotopic (exact) mass is 296 g/mol. The SMILES string of the molecule is O=C(NCc1nc2ncccn2n1)N1CCC[C@H]1C(F)F. The number of aromatic nitrogens is 4. The van der Waals surface area contributed by atoms with Crippen molar-refractivity contribution in [2.45, 2.75) is 31.9 Å². The van der Waals surface area contributed by atoms with Gasteiger partial charge in [-0.1, -0.05) is 0 Å². The van der Waals surface area contributed by atoms with E-state index in [1.54, 1.807) is 18.5 Å². The van der Waals surface area contributed by atoms with Crippen molar-refractivity contribution in [2.24, 2.45) is 0 Å². The fraction of sp³-hybridized carbons (Fsp3) is 0.500. The maximum absolute atomic E-state index is 12.8. The molecule has 0 radical (unpaired) electrons. The number of carbonyl (C=O) groups is 1. The van der Waals surface area contributed by atoms with E-state index in [4.69, 9.17) is 0 Å². The number of hydrogen-bond acceptors (Lipinski definition) is 4. The molecule has 1 aliphatic heterocycles. The average molecular weight is 296 g/mol. The van der Waals surface area contributed by atoms with Gasteiger partial charge >= 0.3 is 6.03 Å². The summed E-state index contributed by atoms with van der Waals surface area (Å²) in [5.74, 6) is 0.809. The summed E-state index contributed by atoms with van der Waals surface area (Å²) in [4.78, 5) is 21.3. The zero-order valence-electron chi connectivity index (χ0n) is 11.1. The van der Waals surface area contributed by atoms with Crippen LogP contribution in [0.2, 0.25) is 0 Å². The first-order valence-corrected chi connectivity index (χ1v) is 6.64. The highest BCUT2D eigenvalue weighted by Gasteiger charge is 2.35. The van der Waals surface area contributed by atoms with Crippen LogP contribution in [0, 0.1) is 0 Å². The molecule has 0 aromatic carbocycles. The lowest BCUT2D eigenvalue weighted by molar-refractivity contribution is 0.0606. The number of nitrogens with zero attached hydrogens (tertiary/aromatic N) is 5. The number of rotatable bonds is 3. The number of urea groups is 1. The first-order chi connectivity index (χ1) is 10.1. The van der Waals surface area contributed by atoms with Crippen LogP contribution in [-0.2, 0) is 6.54 Å². The van der Waals surface area contributed by atoms with E-state index in [9.17, 15) is 13.6 Å². The summed E-state index contributed by atoms with van der Waals surface area (Å²) in [7, 11) is 0. The Labute approximate surface area is 119 Å². The molecule has 2 aromatic rings. The Morgan fingerprint density at radius 1 is 1.52 bits per heavy atom. The van der Waals surface area contributed by atoms with Crippen LogP contribution in [0.3, 0.4) is 0 Å². The summed E-state index contributed by atoms with van der Waals surface area (Å²) in [6.45, 7) is 0.426.